The zero-order valence-electron chi connectivity index (χ0n) is 19.8. The van der Waals surface area contributed by atoms with E-state index in [0.717, 1.165) is 40.8 Å². The van der Waals surface area contributed by atoms with E-state index in [1.54, 1.807) is 36.2 Å². The van der Waals surface area contributed by atoms with Gasteiger partial charge in [0.1, 0.15) is 0 Å². The molecule has 0 bridgehead atoms. The van der Waals surface area contributed by atoms with Crippen molar-refractivity contribution in [2.45, 2.75) is 30.9 Å². The molecule has 2 aliphatic rings. The average Bonchev–Trinajstić information content (AvgIpc) is 3.25. The molecule has 2 fully saturated rings. The highest BCUT2D eigenvalue weighted by Gasteiger charge is 2.22. The van der Waals surface area contributed by atoms with Gasteiger partial charge in [0.25, 0.3) is 5.91 Å². The molecular formula is C25H27ClN6O2S2. The van der Waals surface area contributed by atoms with Crippen LogP contribution in [0.2, 0.25) is 5.02 Å². The zero-order valence-corrected chi connectivity index (χ0v) is 22.2. The van der Waals surface area contributed by atoms with Gasteiger partial charge < -0.3 is 14.8 Å². The Labute approximate surface area is 223 Å². The van der Waals surface area contributed by atoms with Gasteiger partial charge in [0.15, 0.2) is 5.01 Å². The molecular weight excluding hydrogens is 516 g/mol. The van der Waals surface area contributed by atoms with Crippen LogP contribution in [0.1, 0.15) is 34.8 Å². The number of ether oxygens (including phenoxy) is 1. The summed E-state index contributed by atoms with van der Waals surface area (Å²) in [6.45, 7) is 1.82. The Morgan fingerprint density at radius 2 is 2.14 bits per heavy atom. The SMILES string of the molecule is CNC(=O)c1ncc(-c2cnn3ccc(Cl)cc23)s1.c1cc(NSC2CC2)cc(CC2CCOC2)n1. The van der Waals surface area contributed by atoms with Crippen LogP contribution in [0.5, 0.6) is 0 Å². The molecule has 2 N–H and O–H groups in total. The summed E-state index contributed by atoms with van der Waals surface area (Å²) < 4.78 is 10.6. The number of halogens is 1. The summed E-state index contributed by atoms with van der Waals surface area (Å²) >= 11 is 9.16. The van der Waals surface area contributed by atoms with Crippen LogP contribution in [0.3, 0.4) is 0 Å². The summed E-state index contributed by atoms with van der Waals surface area (Å²) in [5.74, 6) is 0.472. The van der Waals surface area contributed by atoms with Crippen molar-refractivity contribution in [3.8, 4) is 10.4 Å². The number of nitrogens with zero attached hydrogens (tertiary/aromatic N) is 4. The summed E-state index contributed by atoms with van der Waals surface area (Å²) in [7, 11) is 1.58. The molecule has 1 saturated heterocycles. The molecule has 1 aliphatic heterocycles. The van der Waals surface area contributed by atoms with Crippen molar-refractivity contribution in [3.63, 3.8) is 0 Å². The van der Waals surface area contributed by atoms with Crippen molar-refractivity contribution in [1.82, 2.24) is 24.9 Å². The lowest BCUT2D eigenvalue weighted by Crippen LogP contribution is -2.17. The predicted octanol–water partition coefficient (Wildman–Crippen LogP) is 5.35. The monoisotopic (exact) mass is 542 g/mol. The van der Waals surface area contributed by atoms with Crippen LogP contribution >= 0.6 is 34.9 Å². The van der Waals surface area contributed by atoms with Gasteiger partial charge in [-0.2, -0.15) is 5.10 Å². The minimum absolute atomic E-state index is 0.189. The molecule has 1 unspecified atom stereocenters. The first-order valence-electron chi connectivity index (χ1n) is 11.8. The maximum atomic E-state index is 11.5. The quantitative estimate of drug-likeness (QED) is 0.304. The molecule has 36 heavy (non-hydrogen) atoms. The summed E-state index contributed by atoms with van der Waals surface area (Å²) in [5.41, 5.74) is 4.17. The van der Waals surface area contributed by atoms with Crippen LogP contribution in [0.15, 0.2) is 49.1 Å². The molecule has 4 aromatic heterocycles. The van der Waals surface area contributed by atoms with Crippen LogP contribution in [0.4, 0.5) is 5.69 Å². The molecule has 11 heteroatoms. The fourth-order valence-corrected chi connectivity index (χ4v) is 5.63. The number of hydrogen-bond donors (Lipinski definition) is 2. The summed E-state index contributed by atoms with van der Waals surface area (Å²) in [4.78, 5) is 20.9. The molecule has 6 rings (SSSR count). The molecule has 1 saturated carbocycles. The fraction of sp³-hybridized carbons (Fsp3) is 0.360. The first-order chi connectivity index (χ1) is 17.6. The van der Waals surface area contributed by atoms with Gasteiger partial charge in [-0.1, -0.05) is 11.6 Å². The molecule has 0 aromatic carbocycles. The van der Waals surface area contributed by atoms with E-state index in [2.05, 4.69) is 31.2 Å². The molecule has 0 spiro atoms. The Balaban J connectivity index is 0.000000149. The first kappa shape index (κ1) is 25.0. The summed E-state index contributed by atoms with van der Waals surface area (Å²) in [6.07, 6.45) is 12.0. The maximum absolute atomic E-state index is 11.5. The number of amides is 1. The smallest absolute Gasteiger partial charge is 0.280 e. The number of thiazole rings is 1. The van der Waals surface area contributed by atoms with Crippen LogP contribution in [0, 0.1) is 5.92 Å². The Kier molecular flexibility index (Phi) is 8.05. The molecule has 1 aliphatic carbocycles. The van der Waals surface area contributed by atoms with Crippen molar-refractivity contribution in [2.24, 2.45) is 5.92 Å². The van der Waals surface area contributed by atoms with Crippen molar-refractivity contribution >= 4 is 52.0 Å². The third-order valence-corrected chi connectivity index (χ3v) is 8.30. The van der Waals surface area contributed by atoms with Crippen molar-refractivity contribution < 1.29 is 9.53 Å². The van der Waals surface area contributed by atoms with E-state index >= 15 is 0 Å². The highest BCUT2D eigenvalue weighted by atomic mass is 35.5. The standard InChI is InChI=1S/C13H18N2OS.C12H9ClN4OS/c1-2-13(1)17-15-11-3-5-14-12(8-11)7-10-4-6-16-9-10;1-14-11(18)12-15-6-10(19-12)8-5-16-17-3-2-7(13)4-9(8)17/h3,5,8,10,13H,1-2,4,6-7,9H2,(H,14,15);2-6H,1H3,(H,14,18). The van der Waals surface area contributed by atoms with Gasteiger partial charge in [0, 0.05) is 66.1 Å². The molecule has 4 aromatic rings. The van der Waals surface area contributed by atoms with E-state index in [4.69, 9.17) is 16.3 Å². The number of hydrogen-bond acceptors (Lipinski definition) is 8. The average molecular weight is 543 g/mol. The van der Waals surface area contributed by atoms with Gasteiger partial charge in [-0.3, -0.25) is 9.78 Å². The van der Waals surface area contributed by atoms with Gasteiger partial charge in [-0.15, -0.1) is 11.3 Å². The number of carbonyl (C=O) groups excluding carboxylic acids is 1. The Hall–Kier alpha value is -2.66. The Morgan fingerprint density at radius 3 is 2.92 bits per heavy atom. The minimum atomic E-state index is -0.189. The number of pyridine rings is 2. The van der Waals surface area contributed by atoms with Crippen LogP contribution < -0.4 is 10.0 Å². The fourth-order valence-electron chi connectivity index (χ4n) is 3.79. The van der Waals surface area contributed by atoms with Gasteiger partial charge in [0.2, 0.25) is 0 Å². The van der Waals surface area contributed by atoms with Crippen LogP contribution in [-0.4, -0.2) is 51.0 Å². The molecule has 1 atom stereocenters. The highest BCUT2D eigenvalue weighted by Crippen LogP contribution is 2.34. The van der Waals surface area contributed by atoms with E-state index < -0.39 is 0 Å². The van der Waals surface area contributed by atoms with E-state index in [-0.39, 0.29) is 5.91 Å². The minimum Gasteiger partial charge on any atom is -0.381 e. The normalized spacial score (nSPS) is 17.0. The number of nitrogens with one attached hydrogen (secondary N) is 2. The lowest BCUT2D eigenvalue weighted by molar-refractivity contribution is 0.0962. The lowest BCUT2D eigenvalue weighted by atomic mass is 10.0. The van der Waals surface area contributed by atoms with E-state index in [1.807, 2.05) is 30.3 Å². The van der Waals surface area contributed by atoms with E-state index in [1.165, 1.54) is 42.0 Å². The molecule has 1 amide bonds. The van der Waals surface area contributed by atoms with Crippen molar-refractivity contribution in [3.05, 3.63) is 64.8 Å². The topological polar surface area (TPSA) is 93.4 Å². The molecule has 8 nitrogen and oxygen atoms in total. The Bertz CT molecular complexity index is 1330. The highest BCUT2D eigenvalue weighted by molar-refractivity contribution is 8.01. The predicted molar refractivity (Wildman–Crippen MR) is 146 cm³/mol. The third-order valence-electron chi connectivity index (χ3n) is 5.88. The number of anilines is 1. The van der Waals surface area contributed by atoms with Gasteiger partial charge in [0.05, 0.1) is 16.6 Å². The van der Waals surface area contributed by atoms with Crippen LogP contribution in [-0.2, 0) is 11.2 Å². The third kappa shape index (κ3) is 6.36. The number of aromatic nitrogens is 4. The molecule has 188 valence electrons. The largest absolute Gasteiger partial charge is 0.381 e. The van der Waals surface area contributed by atoms with Gasteiger partial charge >= 0.3 is 0 Å². The number of carbonyl (C=O) groups is 1. The van der Waals surface area contributed by atoms with Gasteiger partial charge in [-0.05, 0) is 67.8 Å². The molecule has 0 radical (unpaired) electrons. The second kappa shape index (κ2) is 11.6. The van der Waals surface area contributed by atoms with E-state index in [9.17, 15) is 4.79 Å². The van der Waals surface area contributed by atoms with Gasteiger partial charge in [-0.25, -0.2) is 9.50 Å². The summed E-state index contributed by atoms with van der Waals surface area (Å²) in [5, 5.41) is 8.70. The zero-order chi connectivity index (χ0) is 24.9. The maximum Gasteiger partial charge on any atom is 0.280 e. The molecule has 5 heterocycles. The second-order valence-electron chi connectivity index (χ2n) is 8.73. The van der Waals surface area contributed by atoms with E-state index in [0.29, 0.717) is 15.9 Å². The van der Waals surface area contributed by atoms with Crippen LogP contribution in [0.25, 0.3) is 16.0 Å². The number of fused-ring (bicyclic) bond motifs is 1. The number of rotatable bonds is 7. The first-order valence-corrected chi connectivity index (χ1v) is 13.9. The second-order valence-corrected chi connectivity index (χ2v) is 11.3. The summed E-state index contributed by atoms with van der Waals surface area (Å²) in [6, 6.07) is 7.83. The lowest BCUT2D eigenvalue weighted by Gasteiger charge is -2.09. The van der Waals surface area contributed by atoms with Crippen molar-refractivity contribution in [1.29, 1.82) is 0 Å². The Morgan fingerprint density at radius 1 is 1.25 bits per heavy atom. The van der Waals surface area contributed by atoms with Crippen molar-refractivity contribution in [2.75, 3.05) is 25.0 Å².